The second-order valence-electron chi connectivity index (χ2n) is 10.4. The minimum absolute atomic E-state index is 0.00487. The van der Waals surface area contributed by atoms with Crippen LogP contribution in [0.3, 0.4) is 0 Å². The Morgan fingerprint density at radius 3 is 2.21 bits per heavy atom. The number of amides is 2. The van der Waals surface area contributed by atoms with Crippen molar-refractivity contribution < 1.29 is 19.1 Å². The van der Waals surface area contributed by atoms with E-state index in [9.17, 15) is 9.59 Å². The van der Waals surface area contributed by atoms with Gasteiger partial charge in [0.25, 0.3) is 0 Å². The minimum Gasteiger partial charge on any atom is -0.493 e. The second kappa shape index (κ2) is 17.9. The zero-order valence-corrected chi connectivity index (χ0v) is 25.9. The number of aryl methyl sites for hydroxylation is 1. The van der Waals surface area contributed by atoms with E-state index in [0.29, 0.717) is 37.4 Å². The van der Waals surface area contributed by atoms with Crippen molar-refractivity contribution in [3.63, 3.8) is 0 Å². The third-order valence-electron chi connectivity index (χ3n) is 7.36. The fourth-order valence-corrected chi connectivity index (χ4v) is 5.59. The van der Waals surface area contributed by atoms with Gasteiger partial charge >= 0.3 is 0 Å². The van der Waals surface area contributed by atoms with Crippen LogP contribution in [-0.2, 0) is 22.6 Å². The van der Waals surface area contributed by atoms with Crippen molar-refractivity contribution in [1.82, 2.24) is 9.80 Å². The van der Waals surface area contributed by atoms with Gasteiger partial charge in [-0.25, -0.2) is 0 Å². The largest absolute Gasteiger partial charge is 0.493 e. The molecule has 0 N–H and O–H groups in total. The normalized spacial score (nSPS) is 11.7. The number of nitrogens with zero attached hydrogens (tertiary/aromatic N) is 2. The molecule has 0 saturated carbocycles. The van der Waals surface area contributed by atoms with Crippen molar-refractivity contribution in [2.24, 2.45) is 0 Å². The van der Waals surface area contributed by atoms with Crippen molar-refractivity contribution in [1.29, 1.82) is 0 Å². The monoisotopic (exact) mass is 558 g/mol. The lowest BCUT2D eigenvalue weighted by molar-refractivity contribution is -0.142. The zero-order chi connectivity index (χ0) is 28.6. The van der Waals surface area contributed by atoms with Crippen LogP contribution in [-0.4, -0.2) is 55.0 Å². The summed E-state index contributed by atoms with van der Waals surface area (Å²) >= 11 is 1.71. The maximum absolute atomic E-state index is 13.7. The number of hydrogen-bond acceptors (Lipinski definition) is 5. The van der Waals surface area contributed by atoms with Crippen molar-refractivity contribution in [2.75, 3.05) is 27.3 Å². The van der Waals surface area contributed by atoms with Crippen LogP contribution in [0.1, 0.15) is 93.9 Å². The van der Waals surface area contributed by atoms with Gasteiger partial charge in [0, 0.05) is 28.8 Å². The molecule has 0 bridgehead atoms. The average Bonchev–Trinajstić information content (AvgIpc) is 3.36. The molecule has 2 amide bonds. The number of benzene rings is 1. The SMILES string of the molecule is CCCCCCCCCC(=O)N(CC(=O)N(CCc1ccc(OC)c(OC)c1)Cc1ccc(C)s1)C(C)CC. The standard InChI is InChI=1S/C32H50N2O4S/c1-7-9-10-11-12-13-14-15-31(35)34(25(3)8-2)24-32(36)33(23-28-18-16-26(4)39-28)21-20-27-17-19-29(37-5)30(22-27)38-6/h16-19,22,25H,7-15,20-21,23-24H2,1-6H3. The van der Waals surface area contributed by atoms with Gasteiger partial charge in [0.2, 0.25) is 11.8 Å². The molecule has 0 aliphatic rings. The molecule has 0 aliphatic heterocycles. The molecule has 0 fully saturated rings. The summed E-state index contributed by atoms with van der Waals surface area (Å²) in [6, 6.07) is 10.1. The van der Waals surface area contributed by atoms with Gasteiger partial charge in [-0.1, -0.05) is 58.4 Å². The molecule has 7 heteroatoms. The lowest BCUT2D eigenvalue weighted by atomic mass is 10.1. The van der Waals surface area contributed by atoms with Crippen LogP contribution in [0.2, 0.25) is 0 Å². The average molecular weight is 559 g/mol. The summed E-state index contributed by atoms with van der Waals surface area (Å²) in [5, 5.41) is 0. The molecular formula is C32H50N2O4S. The molecule has 1 aromatic carbocycles. The topological polar surface area (TPSA) is 59.1 Å². The fourth-order valence-electron chi connectivity index (χ4n) is 4.68. The van der Waals surface area contributed by atoms with Crippen LogP contribution < -0.4 is 9.47 Å². The number of carbonyl (C=O) groups is 2. The highest BCUT2D eigenvalue weighted by atomic mass is 32.1. The van der Waals surface area contributed by atoms with Gasteiger partial charge < -0.3 is 19.3 Å². The molecule has 218 valence electrons. The van der Waals surface area contributed by atoms with Gasteiger partial charge in [-0.3, -0.25) is 9.59 Å². The lowest BCUT2D eigenvalue weighted by Gasteiger charge is -2.31. The lowest BCUT2D eigenvalue weighted by Crippen LogP contribution is -2.46. The number of thiophene rings is 1. The van der Waals surface area contributed by atoms with Gasteiger partial charge in [-0.2, -0.15) is 0 Å². The van der Waals surface area contributed by atoms with E-state index < -0.39 is 0 Å². The number of methoxy groups -OCH3 is 2. The summed E-state index contributed by atoms with van der Waals surface area (Å²) in [6.07, 6.45) is 10.2. The van der Waals surface area contributed by atoms with Crippen molar-refractivity contribution in [2.45, 2.75) is 104 Å². The van der Waals surface area contributed by atoms with Gasteiger partial charge in [-0.05, 0) is 62.9 Å². The van der Waals surface area contributed by atoms with Gasteiger partial charge in [-0.15, -0.1) is 11.3 Å². The first-order valence-corrected chi connectivity index (χ1v) is 15.5. The number of rotatable bonds is 19. The highest BCUT2D eigenvalue weighted by Crippen LogP contribution is 2.28. The second-order valence-corrected chi connectivity index (χ2v) is 11.8. The van der Waals surface area contributed by atoms with Crippen molar-refractivity contribution >= 4 is 23.2 Å². The molecule has 1 unspecified atom stereocenters. The van der Waals surface area contributed by atoms with Crippen LogP contribution in [0.5, 0.6) is 11.5 Å². The Morgan fingerprint density at radius 2 is 1.59 bits per heavy atom. The Kier molecular flexibility index (Phi) is 15.0. The first-order chi connectivity index (χ1) is 18.8. The Balaban J connectivity index is 2.07. The highest BCUT2D eigenvalue weighted by molar-refractivity contribution is 7.11. The molecule has 2 rings (SSSR count). The zero-order valence-electron chi connectivity index (χ0n) is 25.1. The third-order valence-corrected chi connectivity index (χ3v) is 8.34. The summed E-state index contributed by atoms with van der Waals surface area (Å²) < 4.78 is 10.8. The summed E-state index contributed by atoms with van der Waals surface area (Å²) in [5.41, 5.74) is 1.07. The van der Waals surface area contributed by atoms with Crippen molar-refractivity contribution in [3.8, 4) is 11.5 Å². The van der Waals surface area contributed by atoms with E-state index in [2.05, 4.69) is 32.9 Å². The summed E-state index contributed by atoms with van der Waals surface area (Å²) in [7, 11) is 3.25. The summed E-state index contributed by atoms with van der Waals surface area (Å²) in [4.78, 5) is 33.0. The van der Waals surface area contributed by atoms with Gasteiger partial charge in [0.15, 0.2) is 11.5 Å². The predicted molar refractivity (Wildman–Crippen MR) is 162 cm³/mol. The van der Waals surface area contributed by atoms with Crippen LogP contribution in [0.25, 0.3) is 0 Å². The van der Waals surface area contributed by atoms with Gasteiger partial charge in [0.05, 0.1) is 27.3 Å². The van der Waals surface area contributed by atoms with E-state index in [0.717, 1.165) is 29.7 Å². The van der Waals surface area contributed by atoms with E-state index >= 15 is 0 Å². The van der Waals surface area contributed by atoms with Crippen LogP contribution in [0.4, 0.5) is 0 Å². The highest BCUT2D eigenvalue weighted by Gasteiger charge is 2.25. The smallest absolute Gasteiger partial charge is 0.242 e. The Morgan fingerprint density at radius 1 is 0.897 bits per heavy atom. The molecule has 2 aromatic rings. The van der Waals surface area contributed by atoms with E-state index in [1.807, 2.05) is 34.9 Å². The molecule has 1 aromatic heterocycles. The molecule has 1 atom stereocenters. The third kappa shape index (κ3) is 11.2. The number of unbranched alkanes of at least 4 members (excludes halogenated alkanes) is 6. The molecule has 6 nitrogen and oxygen atoms in total. The number of ether oxygens (including phenoxy) is 2. The molecule has 0 spiro atoms. The fraction of sp³-hybridized carbons (Fsp3) is 0.625. The first-order valence-electron chi connectivity index (χ1n) is 14.7. The van der Waals surface area contributed by atoms with Crippen molar-refractivity contribution in [3.05, 3.63) is 45.6 Å². The van der Waals surface area contributed by atoms with E-state index in [1.54, 1.807) is 25.6 Å². The number of carbonyl (C=O) groups excluding carboxylic acids is 2. The minimum atomic E-state index is -0.00487. The quantitative estimate of drug-likeness (QED) is 0.168. The van der Waals surface area contributed by atoms with Crippen LogP contribution >= 0.6 is 11.3 Å². The maximum Gasteiger partial charge on any atom is 0.242 e. The first kappa shape index (κ1) is 32.7. The molecule has 1 heterocycles. The predicted octanol–water partition coefficient (Wildman–Crippen LogP) is 7.41. The van der Waals surface area contributed by atoms with Gasteiger partial charge in [0.1, 0.15) is 0 Å². The molecule has 0 saturated heterocycles. The summed E-state index contributed by atoms with van der Waals surface area (Å²) in [5.74, 6) is 1.46. The Hall–Kier alpha value is -2.54. The molecule has 39 heavy (non-hydrogen) atoms. The van der Waals surface area contributed by atoms with E-state index in [-0.39, 0.29) is 24.4 Å². The maximum atomic E-state index is 13.7. The van der Waals surface area contributed by atoms with Crippen LogP contribution in [0.15, 0.2) is 30.3 Å². The Bertz CT molecular complexity index is 1010. The summed E-state index contributed by atoms with van der Waals surface area (Å²) in [6.45, 7) is 9.66. The molecule has 0 aliphatic carbocycles. The van der Waals surface area contributed by atoms with Crippen LogP contribution in [0, 0.1) is 6.92 Å². The van der Waals surface area contributed by atoms with E-state index in [4.69, 9.17) is 9.47 Å². The van der Waals surface area contributed by atoms with E-state index in [1.165, 1.54) is 37.0 Å². The number of hydrogen-bond donors (Lipinski definition) is 0. The molecular weight excluding hydrogens is 508 g/mol. The molecule has 0 radical (unpaired) electrons. The Labute approximate surface area is 240 Å².